The maximum Gasteiger partial charge on any atom is 0.307 e. The second-order valence-electron chi connectivity index (χ2n) is 5.59. The molecule has 3 fully saturated rings. The normalized spacial score (nSPS) is 29.2. The van der Waals surface area contributed by atoms with Crippen molar-refractivity contribution < 1.29 is 9.53 Å². The number of carbonyl (C=O) groups is 1. The van der Waals surface area contributed by atoms with Crippen molar-refractivity contribution in [3.8, 4) is 0 Å². The molecule has 1 unspecified atom stereocenters. The Morgan fingerprint density at radius 3 is 2.89 bits per heavy atom. The molecule has 3 aliphatic rings. The number of rotatable bonds is 4. The van der Waals surface area contributed by atoms with Crippen molar-refractivity contribution in [3.05, 3.63) is 30.1 Å². The minimum Gasteiger partial charge on any atom is -0.461 e. The van der Waals surface area contributed by atoms with Gasteiger partial charge in [0.05, 0.1) is 6.42 Å². The minimum absolute atomic E-state index is 0.0820. The van der Waals surface area contributed by atoms with Crippen LogP contribution in [0.2, 0.25) is 0 Å². The number of fused-ring (bicyclic) bond motifs is 3. The average Bonchev–Trinajstić information content (AvgIpc) is 2.47. The monoisotopic (exact) mass is 260 g/mol. The zero-order valence-electron chi connectivity index (χ0n) is 11.1. The van der Waals surface area contributed by atoms with Crippen molar-refractivity contribution in [2.45, 2.75) is 38.3 Å². The van der Waals surface area contributed by atoms with Gasteiger partial charge in [-0.15, -0.1) is 0 Å². The van der Waals surface area contributed by atoms with Crippen LogP contribution in [-0.2, 0) is 16.1 Å². The fourth-order valence-electron chi connectivity index (χ4n) is 3.20. The van der Waals surface area contributed by atoms with Crippen LogP contribution in [0, 0.1) is 5.92 Å². The van der Waals surface area contributed by atoms with E-state index < -0.39 is 0 Å². The summed E-state index contributed by atoms with van der Waals surface area (Å²) in [5, 5.41) is 0. The van der Waals surface area contributed by atoms with Crippen LogP contribution in [0.3, 0.4) is 0 Å². The molecule has 2 bridgehead atoms. The van der Waals surface area contributed by atoms with Crippen molar-refractivity contribution in [2.75, 3.05) is 13.1 Å². The van der Waals surface area contributed by atoms with E-state index in [4.69, 9.17) is 4.74 Å². The molecule has 4 nitrogen and oxygen atoms in total. The van der Waals surface area contributed by atoms with E-state index in [-0.39, 0.29) is 5.97 Å². The molecule has 19 heavy (non-hydrogen) atoms. The van der Waals surface area contributed by atoms with E-state index in [1.54, 1.807) is 12.4 Å². The van der Waals surface area contributed by atoms with Crippen LogP contribution in [0.5, 0.6) is 0 Å². The van der Waals surface area contributed by atoms with Crippen molar-refractivity contribution in [1.82, 2.24) is 9.88 Å². The molecule has 4 heteroatoms. The molecule has 4 rings (SSSR count). The number of piperidine rings is 3. The highest BCUT2D eigenvalue weighted by Gasteiger charge is 2.34. The Labute approximate surface area is 113 Å². The first-order valence-corrected chi connectivity index (χ1v) is 7.10. The lowest BCUT2D eigenvalue weighted by molar-refractivity contribution is -0.147. The Balaban J connectivity index is 1.46. The van der Waals surface area contributed by atoms with Crippen LogP contribution in [0.1, 0.15) is 31.2 Å². The maximum atomic E-state index is 11.9. The molecule has 1 aromatic rings. The predicted molar refractivity (Wildman–Crippen MR) is 71.4 cm³/mol. The van der Waals surface area contributed by atoms with Crippen LogP contribution < -0.4 is 0 Å². The van der Waals surface area contributed by atoms with Gasteiger partial charge in [0.2, 0.25) is 0 Å². The second kappa shape index (κ2) is 5.70. The number of hydrogen-bond donors (Lipinski definition) is 0. The largest absolute Gasteiger partial charge is 0.461 e. The fourth-order valence-corrected chi connectivity index (χ4v) is 3.20. The first-order valence-electron chi connectivity index (χ1n) is 7.10. The SMILES string of the molecule is O=C(CC1CC2CCN1CC2)OCc1cccnc1. The molecular weight excluding hydrogens is 240 g/mol. The highest BCUT2D eigenvalue weighted by molar-refractivity contribution is 5.70. The zero-order chi connectivity index (χ0) is 13.1. The van der Waals surface area contributed by atoms with Gasteiger partial charge in [0.1, 0.15) is 6.61 Å². The molecule has 4 heterocycles. The summed E-state index contributed by atoms with van der Waals surface area (Å²) in [6.45, 7) is 2.65. The highest BCUT2D eigenvalue weighted by Crippen LogP contribution is 2.33. The van der Waals surface area contributed by atoms with Gasteiger partial charge in [0.25, 0.3) is 0 Å². The average molecular weight is 260 g/mol. The van der Waals surface area contributed by atoms with Crippen LogP contribution >= 0.6 is 0 Å². The van der Waals surface area contributed by atoms with Gasteiger partial charge in [0.15, 0.2) is 0 Å². The third-order valence-electron chi connectivity index (χ3n) is 4.30. The van der Waals surface area contributed by atoms with Gasteiger partial charge in [-0.05, 0) is 44.3 Å². The molecule has 0 amide bonds. The minimum atomic E-state index is -0.0820. The van der Waals surface area contributed by atoms with Gasteiger partial charge in [-0.3, -0.25) is 14.7 Å². The number of aromatic nitrogens is 1. The summed E-state index contributed by atoms with van der Waals surface area (Å²) >= 11 is 0. The van der Waals surface area contributed by atoms with Crippen molar-refractivity contribution in [2.24, 2.45) is 5.92 Å². The number of esters is 1. The van der Waals surface area contributed by atoms with Crippen molar-refractivity contribution in [1.29, 1.82) is 0 Å². The van der Waals surface area contributed by atoms with E-state index in [1.807, 2.05) is 12.1 Å². The van der Waals surface area contributed by atoms with E-state index in [0.717, 1.165) is 24.6 Å². The number of carbonyl (C=O) groups excluding carboxylic acids is 1. The Morgan fingerprint density at radius 2 is 2.26 bits per heavy atom. The van der Waals surface area contributed by atoms with Gasteiger partial charge < -0.3 is 4.74 Å². The van der Waals surface area contributed by atoms with Crippen molar-refractivity contribution in [3.63, 3.8) is 0 Å². The van der Waals surface area contributed by atoms with Gasteiger partial charge in [-0.25, -0.2) is 0 Å². The third kappa shape index (κ3) is 3.13. The molecule has 1 atom stereocenters. The fraction of sp³-hybridized carbons (Fsp3) is 0.600. The van der Waals surface area contributed by atoms with Crippen LogP contribution in [0.15, 0.2) is 24.5 Å². The van der Waals surface area contributed by atoms with E-state index in [2.05, 4.69) is 9.88 Å². The van der Waals surface area contributed by atoms with Gasteiger partial charge in [-0.1, -0.05) is 6.07 Å². The standard InChI is InChI=1S/C15H20N2O2/c18-15(19-11-13-2-1-5-16-10-13)9-14-8-12-3-6-17(14)7-4-12/h1-2,5,10,12,14H,3-4,6-9,11H2. The lowest BCUT2D eigenvalue weighted by atomic mass is 9.82. The Morgan fingerprint density at radius 1 is 1.42 bits per heavy atom. The lowest BCUT2D eigenvalue weighted by Crippen LogP contribution is -2.49. The second-order valence-corrected chi connectivity index (χ2v) is 5.59. The molecule has 102 valence electrons. The summed E-state index contributed by atoms with van der Waals surface area (Å²) in [7, 11) is 0. The molecule has 0 spiro atoms. The molecule has 0 aromatic carbocycles. The van der Waals surface area contributed by atoms with Crippen LogP contribution in [0.25, 0.3) is 0 Å². The summed E-state index contributed by atoms with van der Waals surface area (Å²) in [6, 6.07) is 4.19. The molecule has 0 saturated carbocycles. The quantitative estimate of drug-likeness (QED) is 0.777. The summed E-state index contributed by atoms with van der Waals surface area (Å²) in [6.07, 6.45) is 7.78. The van der Waals surface area contributed by atoms with Crippen LogP contribution in [0.4, 0.5) is 0 Å². The molecule has 0 radical (unpaired) electrons. The number of ether oxygens (including phenoxy) is 1. The van der Waals surface area contributed by atoms with Crippen LogP contribution in [-0.4, -0.2) is 35.0 Å². The van der Waals surface area contributed by atoms with Gasteiger partial charge in [0, 0.05) is 24.0 Å². The Kier molecular flexibility index (Phi) is 3.78. The number of hydrogen-bond acceptors (Lipinski definition) is 4. The third-order valence-corrected chi connectivity index (χ3v) is 4.30. The topological polar surface area (TPSA) is 42.4 Å². The summed E-state index contributed by atoms with van der Waals surface area (Å²) in [4.78, 5) is 18.4. The molecule has 0 aliphatic carbocycles. The number of pyridine rings is 1. The van der Waals surface area contributed by atoms with Gasteiger partial charge in [-0.2, -0.15) is 0 Å². The summed E-state index contributed by atoms with van der Waals surface area (Å²) in [5.41, 5.74) is 0.946. The Hall–Kier alpha value is -1.42. The van der Waals surface area contributed by atoms with E-state index in [0.29, 0.717) is 19.1 Å². The molecule has 0 N–H and O–H groups in total. The summed E-state index contributed by atoms with van der Waals surface area (Å²) < 4.78 is 5.33. The molecule has 3 saturated heterocycles. The summed E-state index contributed by atoms with van der Waals surface area (Å²) in [5.74, 6) is 0.752. The van der Waals surface area contributed by atoms with E-state index in [9.17, 15) is 4.79 Å². The predicted octanol–water partition coefficient (Wildman–Crippen LogP) is 2.00. The maximum absolute atomic E-state index is 11.9. The van der Waals surface area contributed by atoms with E-state index in [1.165, 1.54) is 19.3 Å². The first kappa shape index (κ1) is 12.6. The zero-order valence-corrected chi connectivity index (χ0v) is 11.1. The molecule has 3 aliphatic heterocycles. The molecule has 1 aromatic heterocycles. The molecular formula is C15H20N2O2. The number of nitrogens with zero attached hydrogens (tertiary/aromatic N) is 2. The Bertz CT molecular complexity index is 427. The van der Waals surface area contributed by atoms with E-state index >= 15 is 0 Å². The smallest absolute Gasteiger partial charge is 0.307 e. The highest BCUT2D eigenvalue weighted by atomic mass is 16.5. The van der Waals surface area contributed by atoms with Crippen molar-refractivity contribution >= 4 is 5.97 Å². The first-order chi connectivity index (χ1) is 9.31. The lowest BCUT2D eigenvalue weighted by Gasteiger charge is -2.45. The van der Waals surface area contributed by atoms with Gasteiger partial charge >= 0.3 is 5.97 Å².